The molecule has 0 saturated carbocycles. The molecule has 0 aliphatic carbocycles. The first-order chi connectivity index (χ1) is 8.36. The van der Waals surface area contributed by atoms with Gasteiger partial charge in [-0.1, -0.05) is 24.3 Å². The van der Waals surface area contributed by atoms with Crippen LogP contribution < -0.4 is 0 Å². The van der Waals surface area contributed by atoms with Crippen LogP contribution in [-0.4, -0.2) is 9.97 Å². The number of para-hydroxylation sites is 1. The summed E-state index contributed by atoms with van der Waals surface area (Å²) in [5.41, 5.74) is 2.80. The summed E-state index contributed by atoms with van der Waals surface area (Å²) in [5.74, 6) is 0.448. The van der Waals surface area contributed by atoms with Crippen LogP contribution in [0.4, 0.5) is 0 Å². The highest BCUT2D eigenvalue weighted by Gasteiger charge is 2.06. The molecule has 0 atom stereocenters. The van der Waals surface area contributed by atoms with E-state index < -0.39 is 0 Å². The Balaban J connectivity index is 2.11. The molecule has 0 unspecified atom stereocenters. The lowest BCUT2D eigenvalue weighted by Crippen LogP contribution is -1.85. The Morgan fingerprint density at radius 2 is 1.94 bits per heavy atom. The molecular weight excluding hydrogens is 252 g/mol. The van der Waals surface area contributed by atoms with Gasteiger partial charge in [-0.25, -0.2) is 9.97 Å². The number of fused-ring (bicyclic) bond motifs is 1. The van der Waals surface area contributed by atoms with Gasteiger partial charge in [0.05, 0.1) is 22.8 Å². The molecule has 2 nitrogen and oxygen atoms in total. The highest BCUT2D eigenvalue weighted by atomic mass is 35.5. The lowest BCUT2D eigenvalue weighted by atomic mass is 10.2. The quantitative estimate of drug-likeness (QED) is 0.649. The third-order valence-corrected chi connectivity index (χ3v) is 3.69. The maximum atomic E-state index is 5.75. The average Bonchev–Trinajstić information content (AvgIpc) is 2.87. The van der Waals surface area contributed by atoms with Gasteiger partial charge >= 0.3 is 0 Å². The van der Waals surface area contributed by atoms with Crippen LogP contribution >= 0.6 is 22.9 Å². The van der Waals surface area contributed by atoms with E-state index in [4.69, 9.17) is 11.6 Å². The van der Waals surface area contributed by atoms with Gasteiger partial charge in [-0.3, -0.25) is 0 Å². The first-order valence-electron chi connectivity index (χ1n) is 5.23. The molecule has 0 aliphatic heterocycles. The summed E-state index contributed by atoms with van der Waals surface area (Å²) in [7, 11) is 0. The molecular formula is C13H9ClN2S. The highest BCUT2D eigenvalue weighted by Crippen LogP contribution is 2.24. The first-order valence-corrected chi connectivity index (χ1v) is 6.65. The van der Waals surface area contributed by atoms with Crippen LogP contribution in [0.15, 0.2) is 41.8 Å². The van der Waals surface area contributed by atoms with Crippen molar-refractivity contribution in [3.63, 3.8) is 0 Å². The molecule has 2 heterocycles. The van der Waals surface area contributed by atoms with Gasteiger partial charge in [0.2, 0.25) is 0 Å². The van der Waals surface area contributed by atoms with E-state index >= 15 is 0 Å². The van der Waals surface area contributed by atoms with E-state index in [1.54, 1.807) is 11.3 Å². The number of aromatic nitrogens is 2. The number of hydrogen-bond donors (Lipinski definition) is 0. The topological polar surface area (TPSA) is 25.8 Å². The molecule has 0 amide bonds. The van der Waals surface area contributed by atoms with Crippen molar-refractivity contribution in [3.8, 4) is 10.7 Å². The zero-order valence-corrected chi connectivity index (χ0v) is 10.5. The van der Waals surface area contributed by atoms with Gasteiger partial charge in [0.1, 0.15) is 5.01 Å². The van der Waals surface area contributed by atoms with Crippen LogP contribution in [-0.2, 0) is 5.88 Å². The van der Waals surface area contributed by atoms with Gasteiger partial charge in [0.25, 0.3) is 0 Å². The van der Waals surface area contributed by atoms with Gasteiger partial charge in [-0.15, -0.1) is 22.9 Å². The summed E-state index contributed by atoms with van der Waals surface area (Å²) >= 11 is 7.32. The van der Waals surface area contributed by atoms with E-state index in [0.29, 0.717) is 5.88 Å². The SMILES string of the molecule is ClCc1csc(-c2ccc3ccccc3n2)n1. The van der Waals surface area contributed by atoms with Crippen LogP contribution in [0.1, 0.15) is 5.69 Å². The Labute approximate surface area is 108 Å². The van der Waals surface area contributed by atoms with Gasteiger partial charge in [0, 0.05) is 10.8 Å². The van der Waals surface area contributed by atoms with Crippen molar-refractivity contribution in [2.75, 3.05) is 0 Å². The summed E-state index contributed by atoms with van der Waals surface area (Å²) in [4.78, 5) is 9.03. The molecule has 0 N–H and O–H groups in total. The Morgan fingerprint density at radius 1 is 1.06 bits per heavy atom. The fourth-order valence-corrected chi connectivity index (χ4v) is 2.69. The first kappa shape index (κ1) is 10.7. The van der Waals surface area contributed by atoms with Gasteiger partial charge in [-0.05, 0) is 12.1 Å². The minimum absolute atomic E-state index is 0.448. The molecule has 0 bridgehead atoms. The minimum Gasteiger partial charge on any atom is -0.245 e. The van der Waals surface area contributed by atoms with Crippen molar-refractivity contribution in [2.24, 2.45) is 0 Å². The van der Waals surface area contributed by atoms with Crippen molar-refractivity contribution < 1.29 is 0 Å². The molecule has 0 radical (unpaired) electrons. The molecule has 2 aromatic heterocycles. The predicted octanol–water partition coefficient (Wildman–Crippen LogP) is 4.10. The fourth-order valence-electron chi connectivity index (χ4n) is 1.67. The van der Waals surface area contributed by atoms with Crippen molar-refractivity contribution in [1.82, 2.24) is 9.97 Å². The lowest BCUT2D eigenvalue weighted by molar-refractivity contribution is 1.22. The third-order valence-electron chi connectivity index (χ3n) is 2.51. The summed E-state index contributed by atoms with van der Waals surface area (Å²) in [6.45, 7) is 0. The minimum atomic E-state index is 0.448. The summed E-state index contributed by atoms with van der Waals surface area (Å²) in [6.07, 6.45) is 0. The number of thiazole rings is 1. The average molecular weight is 261 g/mol. The molecule has 0 saturated heterocycles. The Bertz CT molecular complexity index is 663. The van der Waals surface area contributed by atoms with Crippen molar-refractivity contribution in [2.45, 2.75) is 5.88 Å². The van der Waals surface area contributed by atoms with Gasteiger partial charge in [0.15, 0.2) is 0 Å². The van der Waals surface area contributed by atoms with E-state index in [1.807, 2.05) is 29.6 Å². The van der Waals surface area contributed by atoms with E-state index in [-0.39, 0.29) is 0 Å². The zero-order valence-electron chi connectivity index (χ0n) is 8.93. The van der Waals surface area contributed by atoms with Crippen molar-refractivity contribution >= 4 is 33.8 Å². The van der Waals surface area contributed by atoms with Crippen molar-refractivity contribution in [3.05, 3.63) is 47.5 Å². The third kappa shape index (κ3) is 2.04. The molecule has 0 fully saturated rings. The van der Waals surface area contributed by atoms with Crippen molar-refractivity contribution in [1.29, 1.82) is 0 Å². The molecule has 84 valence electrons. The zero-order chi connectivity index (χ0) is 11.7. The Hall–Kier alpha value is -1.45. The number of hydrogen-bond acceptors (Lipinski definition) is 3. The standard InChI is InChI=1S/C13H9ClN2S/c14-7-10-8-17-13(15-10)12-6-5-9-3-1-2-4-11(9)16-12/h1-6,8H,7H2. The van der Waals surface area contributed by atoms with E-state index in [1.165, 1.54) is 0 Å². The number of pyridine rings is 1. The van der Waals surface area contributed by atoms with E-state index in [2.05, 4.69) is 22.1 Å². The highest BCUT2D eigenvalue weighted by molar-refractivity contribution is 7.13. The molecule has 4 heteroatoms. The number of alkyl halides is 1. The fraction of sp³-hybridized carbons (Fsp3) is 0.0769. The van der Waals surface area contributed by atoms with Crippen LogP contribution in [0, 0.1) is 0 Å². The Kier molecular flexibility index (Phi) is 2.79. The maximum absolute atomic E-state index is 5.75. The smallest absolute Gasteiger partial charge is 0.142 e. The molecule has 0 spiro atoms. The lowest BCUT2D eigenvalue weighted by Gasteiger charge is -1.99. The molecule has 3 rings (SSSR count). The number of benzene rings is 1. The van der Waals surface area contributed by atoms with Crippen LogP contribution in [0.25, 0.3) is 21.6 Å². The van der Waals surface area contributed by atoms with E-state index in [0.717, 1.165) is 27.3 Å². The normalized spacial score (nSPS) is 10.9. The molecule has 1 aromatic carbocycles. The molecule has 3 aromatic rings. The number of nitrogens with zero attached hydrogens (tertiary/aromatic N) is 2. The van der Waals surface area contributed by atoms with E-state index in [9.17, 15) is 0 Å². The van der Waals surface area contributed by atoms with Gasteiger partial charge < -0.3 is 0 Å². The largest absolute Gasteiger partial charge is 0.245 e. The second kappa shape index (κ2) is 4.43. The van der Waals surface area contributed by atoms with Gasteiger partial charge in [-0.2, -0.15) is 0 Å². The second-order valence-corrected chi connectivity index (χ2v) is 4.79. The monoisotopic (exact) mass is 260 g/mol. The summed E-state index contributed by atoms with van der Waals surface area (Å²) in [5, 5.41) is 4.04. The maximum Gasteiger partial charge on any atom is 0.142 e. The van der Waals surface area contributed by atoms with Crippen LogP contribution in [0.5, 0.6) is 0 Å². The number of rotatable bonds is 2. The second-order valence-electron chi connectivity index (χ2n) is 3.67. The van der Waals surface area contributed by atoms with Crippen LogP contribution in [0.2, 0.25) is 0 Å². The predicted molar refractivity (Wildman–Crippen MR) is 72.4 cm³/mol. The molecule has 0 aliphatic rings. The van der Waals surface area contributed by atoms with Crippen LogP contribution in [0.3, 0.4) is 0 Å². The summed E-state index contributed by atoms with van der Waals surface area (Å²) < 4.78 is 0. The Morgan fingerprint density at radius 3 is 2.76 bits per heavy atom. The summed E-state index contributed by atoms with van der Waals surface area (Å²) in [6, 6.07) is 12.1. The molecule has 17 heavy (non-hydrogen) atoms. The number of halogens is 1.